The molecular formula is C22H25N3O4S2. The Labute approximate surface area is 185 Å². The maximum atomic E-state index is 13.0. The van der Waals surface area contributed by atoms with Crippen LogP contribution in [0.15, 0.2) is 58.4 Å². The zero-order valence-electron chi connectivity index (χ0n) is 17.7. The number of amides is 1. The van der Waals surface area contributed by atoms with E-state index < -0.39 is 15.9 Å². The summed E-state index contributed by atoms with van der Waals surface area (Å²) in [4.78, 5) is 17.9. The average Bonchev–Trinajstić information content (AvgIpc) is 3.10. The van der Waals surface area contributed by atoms with E-state index in [1.807, 2.05) is 49.6 Å². The highest BCUT2D eigenvalue weighted by molar-refractivity contribution is 7.89. The van der Waals surface area contributed by atoms with Gasteiger partial charge in [-0.3, -0.25) is 4.79 Å². The van der Waals surface area contributed by atoms with Crippen molar-refractivity contribution in [2.24, 2.45) is 4.99 Å². The molecule has 0 aliphatic carbocycles. The lowest BCUT2D eigenvalue weighted by molar-refractivity contribution is -0.0440. The van der Waals surface area contributed by atoms with Crippen LogP contribution in [0.1, 0.15) is 31.1 Å². The molecule has 3 aromatic rings. The van der Waals surface area contributed by atoms with Crippen molar-refractivity contribution in [3.05, 3.63) is 58.9 Å². The summed E-state index contributed by atoms with van der Waals surface area (Å²) in [6, 6.07) is 13.9. The fraction of sp³-hybridized carbons (Fsp3) is 0.364. The number of para-hydroxylation sites is 1. The molecule has 1 saturated heterocycles. The molecule has 2 aromatic carbocycles. The maximum absolute atomic E-state index is 13.0. The summed E-state index contributed by atoms with van der Waals surface area (Å²) < 4.78 is 36.1. The summed E-state index contributed by atoms with van der Waals surface area (Å²) in [6.45, 7) is 7.05. The zero-order valence-corrected chi connectivity index (χ0v) is 19.3. The van der Waals surface area contributed by atoms with Crippen molar-refractivity contribution in [3.63, 3.8) is 0 Å². The van der Waals surface area contributed by atoms with E-state index in [-0.39, 0.29) is 17.1 Å². The van der Waals surface area contributed by atoms with E-state index in [1.165, 1.54) is 39.9 Å². The molecule has 2 atom stereocenters. The molecule has 0 unspecified atom stereocenters. The Kier molecular flexibility index (Phi) is 6.11. The third-order valence-corrected chi connectivity index (χ3v) is 8.13. The molecule has 2 heterocycles. The van der Waals surface area contributed by atoms with E-state index in [1.54, 1.807) is 0 Å². The summed E-state index contributed by atoms with van der Waals surface area (Å²) >= 11 is 1.46. The van der Waals surface area contributed by atoms with E-state index in [2.05, 4.69) is 4.99 Å². The van der Waals surface area contributed by atoms with Crippen LogP contribution in [0, 0.1) is 0 Å². The molecule has 0 N–H and O–H groups in total. The summed E-state index contributed by atoms with van der Waals surface area (Å²) in [5, 5.41) is 0. The molecule has 1 aromatic heterocycles. The number of carbonyl (C=O) groups excluding carboxylic acids is 1. The predicted octanol–water partition coefficient (Wildman–Crippen LogP) is 3.26. The molecule has 0 saturated carbocycles. The fourth-order valence-electron chi connectivity index (χ4n) is 3.81. The van der Waals surface area contributed by atoms with Crippen LogP contribution >= 0.6 is 11.3 Å². The number of ether oxygens (including phenoxy) is 1. The van der Waals surface area contributed by atoms with Gasteiger partial charge in [0.25, 0.3) is 5.91 Å². The minimum absolute atomic E-state index is 0.162. The number of thiazole rings is 1. The van der Waals surface area contributed by atoms with Crippen LogP contribution in [0.5, 0.6) is 0 Å². The van der Waals surface area contributed by atoms with Gasteiger partial charge in [-0.25, -0.2) is 8.42 Å². The molecule has 0 bridgehead atoms. The maximum Gasteiger partial charge on any atom is 0.279 e. The molecule has 1 amide bonds. The molecule has 31 heavy (non-hydrogen) atoms. The van der Waals surface area contributed by atoms with Crippen LogP contribution in [0.4, 0.5) is 0 Å². The minimum atomic E-state index is -3.65. The van der Waals surface area contributed by atoms with Crippen molar-refractivity contribution in [3.8, 4) is 0 Å². The van der Waals surface area contributed by atoms with Gasteiger partial charge in [0.15, 0.2) is 4.80 Å². The zero-order chi connectivity index (χ0) is 22.2. The third-order valence-electron chi connectivity index (χ3n) is 5.23. The standard InChI is InChI=1S/C22H25N3O4S2/c1-4-25-19-7-5-6-8-20(19)30-22(25)23-21(26)17-9-11-18(12-10-17)31(27,28)24-13-15(2)29-16(3)14-24/h5-12,15-16H,4,13-14H2,1-3H3/t15-,16+. The Morgan fingerprint density at radius 2 is 1.74 bits per heavy atom. The normalized spacial score (nSPS) is 20.9. The monoisotopic (exact) mass is 459 g/mol. The van der Waals surface area contributed by atoms with Gasteiger partial charge in [-0.05, 0) is 57.2 Å². The first kappa shape index (κ1) is 21.9. The lowest BCUT2D eigenvalue weighted by atomic mass is 10.2. The van der Waals surface area contributed by atoms with Gasteiger partial charge in [0, 0.05) is 25.2 Å². The Morgan fingerprint density at radius 1 is 1.10 bits per heavy atom. The Bertz CT molecular complexity index is 1270. The van der Waals surface area contributed by atoms with Crippen molar-refractivity contribution in [1.82, 2.24) is 8.87 Å². The van der Waals surface area contributed by atoms with Gasteiger partial charge in [0.2, 0.25) is 10.0 Å². The number of fused-ring (bicyclic) bond motifs is 1. The topological polar surface area (TPSA) is 81.0 Å². The second kappa shape index (κ2) is 8.66. The van der Waals surface area contributed by atoms with Gasteiger partial charge in [-0.1, -0.05) is 23.5 Å². The van der Waals surface area contributed by atoms with E-state index >= 15 is 0 Å². The molecule has 164 valence electrons. The Balaban J connectivity index is 1.61. The van der Waals surface area contributed by atoms with Crippen molar-refractivity contribution in [1.29, 1.82) is 0 Å². The number of hydrogen-bond donors (Lipinski definition) is 0. The summed E-state index contributed by atoms with van der Waals surface area (Å²) in [7, 11) is -3.65. The summed E-state index contributed by atoms with van der Waals surface area (Å²) in [6.07, 6.45) is -0.325. The van der Waals surface area contributed by atoms with Gasteiger partial charge in [-0.2, -0.15) is 9.30 Å². The molecule has 1 aliphatic rings. The molecule has 7 nitrogen and oxygen atoms in total. The van der Waals surface area contributed by atoms with Crippen molar-refractivity contribution < 1.29 is 17.9 Å². The highest BCUT2D eigenvalue weighted by Gasteiger charge is 2.32. The smallest absolute Gasteiger partial charge is 0.279 e. The van der Waals surface area contributed by atoms with Crippen molar-refractivity contribution in [2.75, 3.05) is 13.1 Å². The fourth-order valence-corrected chi connectivity index (χ4v) is 6.49. The Morgan fingerprint density at radius 3 is 2.39 bits per heavy atom. The number of rotatable bonds is 4. The number of aryl methyl sites for hydroxylation is 1. The predicted molar refractivity (Wildman–Crippen MR) is 121 cm³/mol. The molecule has 0 spiro atoms. The molecule has 4 rings (SSSR count). The van der Waals surface area contributed by atoms with E-state index in [4.69, 9.17) is 4.74 Å². The number of aromatic nitrogens is 1. The third kappa shape index (κ3) is 4.36. The largest absolute Gasteiger partial charge is 0.373 e. The van der Waals surface area contributed by atoms with E-state index in [0.29, 0.717) is 30.0 Å². The first-order valence-corrected chi connectivity index (χ1v) is 12.5. The van der Waals surface area contributed by atoms with E-state index in [0.717, 1.165) is 10.2 Å². The second-order valence-corrected chi connectivity index (χ2v) is 10.6. The van der Waals surface area contributed by atoms with Crippen molar-refractivity contribution >= 4 is 37.5 Å². The lowest BCUT2D eigenvalue weighted by Crippen LogP contribution is -2.48. The second-order valence-electron chi connectivity index (χ2n) is 7.62. The van der Waals surface area contributed by atoms with Crippen LogP contribution in [-0.4, -0.2) is 48.5 Å². The van der Waals surface area contributed by atoms with Gasteiger partial charge >= 0.3 is 0 Å². The lowest BCUT2D eigenvalue weighted by Gasteiger charge is -2.34. The van der Waals surface area contributed by atoms with Gasteiger partial charge in [-0.15, -0.1) is 0 Å². The molecule has 9 heteroatoms. The van der Waals surface area contributed by atoms with Gasteiger partial charge < -0.3 is 9.30 Å². The van der Waals surface area contributed by atoms with Crippen LogP contribution in [0.3, 0.4) is 0 Å². The molecular weight excluding hydrogens is 434 g/mol. The van der Waals surface area contributed by atoms with Gasteiger partial charge in [0.1, 0.15) is 0 Å². The van der Waals surface area contributed by atoms with Crippen LogP contribution < -0.4 is 4.80 Å². The van der Waals surface area contributed by atoms with Crippen molar-refractivity contribution in [2.45, 2.75) is 44.4 Å². The quantitative estimate of drug-likeness (QED) is 0.600. The summed E-state index contributed by atoms with van der Waals surface area (Å²) in [5.41, 5.74) is 1.39. The number of sulfonamides is 1. The van der Waals surface area contributed by atoms with Crippen LogP contribution in [0.25, 0.3) is 10.2 Å². The SMILES string of the molecule is CCn1c(=NC(=O)c2ccc(S(=O)(=O)N3C[C@@H](C)O[C@@H](C)C3)cc2)sc2ccccc21. The first-order chi connectivity index (χ1) is 14.8. The number of benzene rings is 2. The number of morpholine rings is 1. The average molecular weight is 460 g/mol. The van der Waals surface area contributed by atoms with Crippen LogP contribution in [-0.2, 0) is 21.3 Å². The number of hydrogen-bond acceptors (Lipinski definition) is 5. The van der Waals surface area contributed by atoms with E-state index in [9.17, 15) is 13.2 Å². The Hall–Kier alpha value is -2.33. The first-order valence-electron chi connectivity index (χ1n) is 10.2. The number of carbonyl (C=O) groups is 1. The highest BCUT2D eigenvalue weighted by atomic mass is 32.2. The summed E-state index contributed by atoms with van der Waals surface area (Å²) in [5.74, 6) is -0.397. The van der Waals surface area contributed by atoms with Gasteiger partial charge in [0.05, 0.1) is 27.3 Å². The molecule has 0 radical (unpaired) electrons. The minimum Gasteiger partial charge on any atom is -0.373 e. The van der Waals surface area contributed by atoms with Crippen LogP contribution in [0.2, 0.25) is 0 Å². The molecule has 1 fully saturated rings. The highest BCUT2D eigenvalue weighted by Crippen LogP contribution is 2.22. The number of nitrogens with zero attached hydrogens (tertiary/aromatic N) is 3. The molecule has 1 aliphatic heterocycles.